The normalized spacial score (nSPS) is 19.4. The maximum Gasteiger partial charge on any atom is 0.141 e. The molecule has 2 rings (SSSR count). The second-order valence-corrected chi connectivity index (χ2v) is 5.12. The van der Waals surface area contributed by atoms with Crippen molar-refractivity contribution in [3.8, 4) is 5.75 Å². The molecular weight excluding hydrogens is 285 g/mol. The van der Waals surface area contributed by atoms with Gasteiger partial charge in [-0.05, 0) is 53.9 Å². The van der Waals surface area contributed by atoms with Crippen LogP contribution in [0.1, 0.15) is 37.8 Å². The SMILES string of the molecule is CCCNC1CCCOc2c(Br)ccc(F)c21. The van der Waals surface area contributed by atoms with Gasteiger partial charge in [-0.1, -0.05) is 6.92 Å². The van der Waals surface area contributed by atoms with E-state index in [1.165, 1.54) is 6.07 Å². The van der Waals surface area contributed by atoms with Gasteiger partial charge in [0.25, 0.3) is 0 Å². The van der Waals surface area contributed by atoms with Crippen molar-refractivity contribution in [2.75, 3.05) is 13.2 Å². The van der Waals surface area contributed by atoms with Gasteiger partial charge < -0.3 is 10.1 Å². The molecule has 1 unspecified atom stereocenters. The van der Waals surface area contributed by atoms with Crippen LogP contribution in [0.15, 0.2) is 16.6 Å². The summed E-state index contributed by atoms with van der Waals surface area (Å²) in [5.41, 5.74) is 0.672. The molecule has 1 aliphatic heterocycles. The zero-order chi connectivity index (χ0) is 12.3. The van der Waals surface area contributed by atoms with Gasteiger partial charge in [-0.3, -0.25) is 0 Å². The highest BCUT2D eigenvalue weighted by Crippen LogP contribution is 2.38. The van der Waals surface area contributed by atoms with Gasteiger partial charge in [0.1, 0.15) is 11.6 Å². The van der Waals surface area contributed by atoms with Crippen LogP contribution in [0.5, 0.6) is 5.75 Å². The Kier molecular flexibility index (Phi) is 4.40. The number of hydrogen-bond acceptors (Lipinski definition) is 2. The van der Waals surface area contributed by atoms with Gasteiger partial charge in [0.05, 0.1) is 11.1 Å². The van der Waals surface area contributed by atoms with E-state index in [4.69, 9.17) is 4.74 Å². The molecule has 0 radical (unpaired) electrons. The van der Waals surface area contributed by atoms with Crippen LogP contribution in [-0.4, -0.2) is 13.2 Å². The first kappa shape index (κ1) is 12.8. The lowest BCUT2D eigenvalue weighted by molar-refractivity contribution is 0.313. The van der Waals surface area contributed by atoms with Crippen LogP contribution < -0.4 is 10.1 Å². The third-order valence-electron chi connectivity index (χ3n) is 2.97. The van der Waals surface area contributed by atoms with Gasteiger partial charge in [0.15, 0.2) is 0 Å². The fourth-order valence-electron chi connectivity index (χ4n) is 2.15. The lowest BCUT2D eigenvalue weighted by Gasteiger charge is -2.19. The lowest BCUT2D eigenvalue weighted by atomic mass is 10.0. The van der Waals surface area contributed by atoms with E-state index < -0.39 is 0 Å². The van der Waals surface area contributed by atoms with Crippen molar-refractivity contribution in [2.24, 2.45) is 0 Å². The minimum atomic E-state index is -0.182. The third kappa shape index (κ3) is 2.80. The molecule has 0 aliphatic carbocycles. The predicted octanol–water partition coefficient (Wildman–Crippen LogP) is 3.80. The molecule has 1 aromatic rings. The zero-order valence-corrected chi connectivity index (χ0v) is 11.5. The summed E-state index contributed by atoms with van der Waals surface area (Å²) in [5, 5.41) is 3.39. The monoisotopic (exact) mass is 301 g/mol. The highest BCUT2D eigenvalue weighted by Gasteiger charge is 2.24. The molecule has 1 heterocycles. The topological polar surface area (TPSA) is 21.3 Å². The zero-order valence-electron chi connectivity index (χ0n) is 9.93. The molecule has 4 heteroatoms. The number of ether oxygens (including phenoxy) is 1. The molecule has 1 aliphatic rings. The van der Waals surface area contributed by atoms with Gasteiger partial charge in [0, 0.05) is 11.6 Å². The van der Waals surface area contributed by atoms with Crippen LogP contribution in [0.2, 0.25) is 0 Å². The third-order valence-corrected chi connectivity index (χ3v) is 3.59. The number of fused-ring (bicyclic) bond motifs is 1. The van der Waals surface area contributed by atoms with Crippen molar-refractivity contribution in [1.82, 2.24) is 5.32 Å². The van der Waals surface area contributed by atoms with Crippen molar-refractivity contribution >= 4 is 15.9 Å². The van der Waals surface area contributed by atoms with Gasteiger partial charge >= 0.3 is 0 Å². The predicted molar refractivity (Wildman–Crippen MR) is 69.9 cm³/mol. The molecule has 94 valence electrons. The van der Waals surface area contributed by atoms with Gasteiger partial charge in [-0.15, -0.1) is 0 Å². The Morgan fingerprint density at radius 3 is 3.12 bits per heavy atom. The Morgan fingerprint density at radius 2 is 2.35 bits per heavy atom. The van der Waals surface area contributed by atoms with Crippen LogP contribution >= 0.6 is 15.9 Å². The molecule has 1 N–H and O–H groups in total. The number of nitrogens with one attached hydrogen (secondary N) is 1. The minimum absolute atomic E-state index is 0.0601. The van der Waals surface area contributed by atoms with Crippen LogP contribution in [0.25, 0.3) is 0 Å². The second kappa shape index (κ2) is 5.83. The van der Waals surface area contributed by atoms with Crippen LogP contribution in [0.3, 0.4) is 0 Å². The largest absolute Gasteiger partial charge is 0.492 e. The molecule has 0 spiro atoms. The molecule has 1 atom stereocenters. The first-order valence-corrected chi connectivity index (χ1v) is 6.87. The number of benzene rings is 1. The fourth-order valence-corrected chi connectivity index (χ4v) is 2.61. The van der Waals surface area contributed by atoms with Crippen molar-refractivity contribution in [1.29, 1.82) is 0 Å². The second-order valence-electron chi connectivity index (χ2n) is 4.27. The quantitative estimate of drug-likeness (QED) is 0.917. The molecule has 0 amide bonds. The summed E-state index contributed by atoms with van der Waals surface area (Å²) < 4.78 is 20.4. The molecule has 17 heavy (non-hydrogen) atoms. The van der Waals surface area contributed by atoms with Crippen molar-refractivity contribution in [3.63, 3.8) is 0 Å². The molecule has 0 fully saturated rings. The highest BCUT2D eigenvalue weighted by molar-refractivity contribution is 9.10. The van der Waals surface area contributed by atoms with E-state index >= 15 is 0 Å². The summed E-state index contributed by atoms with van der Waals surface area (Å²) in [7, 11) is 0. The fraction of sp³-hybridized carbons (Fsp3) is 0.538. The molecule has 2 nitrogen and oxygen atoms in total. The van der Waals surface area contributed by atoms with Crippen LogP contribution in [0, 0.1) is 5.82 Å². The van der Waals surface area contributed by atoms with E-state index in [2.05, 4.69) is 28.2 Å². The Balaban J connectivity index is 2.36. The first-order valence-electron chi connectivity index (χ1n) is 6.08. The summed E-state index contributed by atoms with van der Waals surface area (Å²) in [5.74, 6) is 0.481. The lowest BCUT2D eigenvalue weighted by Crippen LogP contribution is -2.22. The summed E-state index contributed by atoms with van der Waals surface area (Å²) in [4.78, 5) is 0. The summed E-state index contributed by atoms with van der Waals surface area (Å²) in [6.45, 7) is 3.66. The van der Waals surface area contributed by atoms with Crippen LogP contribution in [-0.2, 0) is 0 Å². The summed E-state index contributed by atoms with van der Waals surface area (Å²) >= 11 is 3.43. The molecular formula is C13H17BrFNO. The molecule has 0 saturated carbocycles. The minimum Gasteiger partial charge on any atom is -0.492 e. The van der Waals surface area contributed by atoms with E-state index in [0.29, 0.717) is 17.9 Å². The Hall–Kier alpha value is -0.610. The standard InChI is InChI=1S/C13H17BrFNO/c1-2-7-16-11-4-3-8-17-13-9(14)5-6-10(15)12(11)13/h5-6,11,16H,2-4,7-8H2,1H3. The molecule has 0 aromatic heterocycles. The molecule has 0 bridgehead atoms. The van der Waals surface area contributed by atoms with E-state index in [-0.39, 0.29) is 11.9 Å². The molecule has 1 aromatic carbocycles. The van der Waals surface area contributed by atoms with E-state index in [9.17, 15) is 4.39 Å². The maximum absolute atomic E-state index is 14.0. The van der Waals surface area contributed by atoms with Crippen molar-refractivity contribution < 1.29 is 9.13 Å². The average Bonchev–Trinajstić information content (AvgIpc) is 2.54. The number of hydrogen-bond donors (Lipinski definition) is 1. The maximum atomic E-state index is 14.0. The van der Waals surface area contributed by atoms with E-state index in [1.807, 2.05) is 0 Å². The number of rotatable bonds is 3. The van der Waals surface area contributed by atoms with E-state index in [0.717, 1.165) is 30.3 Å². The Bertz CT molecular complexity index is 397. The molecule has 0 saturated heterocycles. The first-order chi connectivity index (χ1) is 8.24. The number of halogens is 2. The average molecular weight is 302 g/mol. The van der Waals surface area contributed by atoms with Gasteiger partial charge in [-0.25, -0.2) is 4.39 Å². The van der Waals surface area contributed by atoms with E-state index in [1.54, 1.807) is 6.07 Å². The van der Waals surface area contributed by atoms with Crippen LogP contribution in [0.4, 0.5) is 4.39 Å². The van der Waals surface area contributed by atoms with Gasteiger partial charge in [0.2, 0.25) is 0 Å². The Morgan fingerprint density at radius 1 is 1.53 bits per heavy atom. The van der Waals surface area contributed by atoms with Crippen molar-refractivity contribution in [3.05, 3.63) is 28.0 Å². The summed E-state index contributed by atoms with van der Waals surface area (Å²) in [6.07, 6.45) is 2.91. The highest BCUT2D eigenvalue weighted by atomic mass is 79.9. The smallest absolute Gasteiger partial charge is 0.141 e. The van der Waals surface area contributed by atoms with Gasteiger partial charge in [-0.2, -0.15) is 0 Å². The summed E-state index contributed by atoms with van der Waals surface area (Å²) in [6, 6.07) is 3.26. The van der Waals surface area contributed by atoms with Crippen molar-refractivity contribution in [2.45, 2.75) is 32.2 Å². The Labute approximate surface area is 110 Å².